The molecule has 6 heteroatoms. The van der Waals surface area contributed by atoms with Gasteiger partial charge in [-0.25, -0.2) is 9.37 Å². The summed E-state index contributed by atoms with van der Waals surface area (Å²) in [5.74, 6) is 0.424. The molecule has 0 fully saturated rings. The highest BCUT2D eigenvalue weighted by Gasteiger charge is 2.21. The highest BCUT2D eigenvalue weighted by molar-refractivity contribution is 5.80. The molecule has 140 valence electrons. The third-order valence-corrected chi connectivity index (χ3v) is 4.87. The Bertz CT molecular complexity index is 893. The van der Waals surface area contributed by atoms with Gasteiger partial charge in [-0.2, -0.15) is 5.10 Å². The summed E-state index contributed by atoms with van der Waals surface area (Å²) >= 11 is 0. The summed E-state index contributed by atoms with van der Waals surface area (Å²) in [6.45, 7) is 11.3. The molecule has 5 nitrogen and oxygen atoms in total. The second kappa shape index (κ2) is 7.58. The van der Waals surface area contributed by atoms with Crippen LogP contribution in [0.1, 0.15) is 39.8 Å². The van der Waals surface area contributed by atoms with Crippen molar-refractivity contribution in [1.29, 1.82) is 0 Å². The third-order valence-electron chi connectivity index (χ3n) is 4.87. The summed E-state index contributed by atoms with van der Waals surface area (Å²) < 4.78 is 18.0. The zero-order valence-corrected chi connectivity index (χ0v) is 16.3. The molecule has 0 spiro atoms. The number of nitrogens with zero attached hydrogens (tertiary/aromatic N) is 5. The van der Waals surface area contributed by atoms with Crippen molar-refractivity contribution in [2.24, 2.45) is 7.05 Å². The van der Waals surface area contributed by atoms with Gasteiger partial charge in [0.25, 0.3) is 0 Å². The van der Waals surface area contributed by atoms with E-state index in [0.29, 0.717) is 17.4 Å². The molecule has 26 heavy (non-hydrogen) atoms. The van der Waals surface area contributed by atoms with Crippen molar-refractivity contribution >= 4 is 11.0 Å². The van der Waals surface area contributed by atoms with E-state index < -0.39 is 0 Å². The molecule has 1 aliphatic heterocycles. The number of hydrogen-bond donors (Lipinski definition) is 0. The van der Waals surface area contributed by atoms with Gasteiger partial charge in [-0.15, -0.1) is 0 Å². The number of benzene rings is 1. The van der Waals surface area contributed by atoms with Gasteiger partial charge < -0.3 is 4.57 Å². The molecule has 0 atom stereocenters. The summed E-state index contributed by atoms with van der Waals surface area (Å²) in [5, 5.41) is 4.74. The maximum Gasteiger partial charge on any atom is 0.161 e. The van der Waals surface area contributed by atoms with Crippen LogP contribution in [0.5, 0.6) is 0 Å². The minimum absolute atomic E-state index is 0.291. The molecule has 0 unspecified atom stereocenters. The van der Waals surface area contributed by atoms with Crippen LogP contribution in [0.4, 0.5) is 4.39 Å². The fraction of sp³-hybridized carbons (Fsp3) is 0.500. The fourth-order valence-corrected chi connectivity index (χ4v) is 3.45. The van der Waals surface area contributed by atoms with E-state index >= 15 is 0 Å². The van der Waals surface area contributed by atoms with Crippen LogP contribution >= 0.6 is 0 Å². The van der Waals surface area contributed by atoms with E-state index in [4.69, 9.17) is 5.10 Å². The van der Waals surface area contributed by atoms with Gasteiger partial charge in [-0.05, 0) is 38.5 Å². The van der Waals surface area contributed by atoms with Crippen molar-refractivity contribution < 1.29 is 4.39 Å². The predicted octanol–water partition coefficient (Wildman–Crippen LogP) is 4.22. The van der Waals surface area contributed by atoms with Crippen molar-refractivity contribution in [3.63, 3.8) is 0 Å². The molecule has 4 rings (SSSR count). The highest BCUT2D eigenvalue weighted by atomic mass is 19.1. The molecule has 1 aliphatic rings. The average molecular weight is 357 g/mol. The Balaban J connectivity index is 0.000000948. The fourth-order valence-electron chi connectivity index (χ4n) is 3.45. The topological polar surface area (TPSA) is 38.9 Å². The number of imidazole rings is 1. The summed E-state index contributed by atoms with van der Waals surface area (Å²) in [6, 6.07) is 7.66. The van der Waals surface area contributed by atoms with E-state index in [0.717, 1.165) is 37.3 Å². The Morgan fingerprint density at radius 1 is 1.15 bits per heavy atom. The van der Waals surface area contributed by atoms with Crippen molar-refractivity contribution in [3.8, 4) is 11.5 Å². The molecule has 0 radical (unpaired) electrons. The molecule has 0 amide bonds. The van der Waals surface area contributed by atoms with E-state index in [1.165, 1.54) is 11.8 Å². The Labute approximate surface area is 154 Å². The predicted molar refractivity (Wildman–Crippen MR) is 103 cm³/mol. The first-order valence-corrected chi connectivity index (χ1v) is 9.46. The lowest BCUT2D eigenvalue weighted by Gasteiger charge is -2.23. The van der Waals surface area contributed by atoms with Gasteiger partial charge in [-0.3, -0.25) is 9.58 Å². The molecular weight excluding hydrogens is 329 g/mol. The maximum absolute atomic E-state index is 14.0. The van der Waals surface area contributed by atoms with Crippen LogP contribution in [-0.2, 0) is 20.1 Å². The minimum atomic E-state index is -0.291. The second-order valence-electron chi connectivity index (χ2n) is 6.76. The van der Waals surface area contributed by atoms with Gasteiger partial charge in [0, 0.05) is 32.7 Å². The summed E-state index contributed by atoms with van der Waals surface area (Å²) in [4.78, 5) is 6.96. The molecule has 0 aliphatic carbocycles. The molecule has 1 aromatic carbocycles. The first kappa shape index (κ1) is 18.6. The quantitative estimate of drug-likeness (QED) is 0.689. The summed E-state index contributed by atoms with van der Waals surface area (Å²) in [5.41, 5.74) is 3.21. The van der Waals surface area contributed by atoms with Crippen LogP contribution in [0.25, 0.3) is 22.6 Å². The van der Waals surface area contributed by atoms with Crippen molar-refractivity contribution in [2.45, 2.75) is 53.2 Å². The summed E-state index contributed by atoms with van der Waals surface area (Å²) in [7, 11) is 1.91. The van der Waals surface area contributed by atoms with E-state index in [1.807, 2.05) is 31.5 Å². The van der Waals surface area contributed by atoms with Gasteiger partial charge in [0.2, 0.25) is 0 Å². The van der Waals surface area contributed by atoms with Crippen LogP contribution in [0, 0.1) is 5.82 Å². The number of halogens is 1. The smallest absolute Gasteiger partial charge is 0.161 e. The van der Waals surface area contributed by atoms with E-state index in [9.17, 15) is 4.39 Å². The number of hydrogen-bond acceptors (Lipinski definition) is 3. The van der Waals surface area contributed by atoms with Crippen LogP contribution in [0.3, 0.4) is 0 Å². The van der Waals surface area contributed by atoms with Crippen LogP contribution in [0.15, 0.2) is 24.3 Å². The Hall–Kier alpha value is -2.21. The Kier molecular flexibility index (Phi) is 5.41. The van der Waals surface area contributed by atoms with Crippen LogP contribution in [-0.4, -0.2) is 36.8 Å². The Morgan fingerprint density at radius 2 is 1.92 bits per heavy atom. The van der Waals surface area contributed by atoms with Crippen molar-refractivity contribution in [3.05, 3.63) is 35.8 Å². The third kappa shape index (κ3) is 3.26. The van der Waals surface area contributed by atoms with Gasteiger partial charge >= 0.3 is 0 Å². The zero-order chi connectivity index (χ0) is 18.8. The highest BCUT2D eigenvalue weighted by Crippen LogP contribution is 2.26. The Morgan fingerprint density at radius 3 is 2.62 bits per heavy atom. The lowest BCUT2D eigenvalue weighted by molar-refractivity contribution is 0.216. The normalized spacial score (nSPS) is 14.9. The molecule has 0 saturated heterocycles. The maximum atomic E-state index is 14.0. The lowest BCUT2D eigenvalue weighted by atomic mass is 10.2. The van der Waals surface area contributed by atoms with Gasteiger partial charge in [0.1, 0.15) is 11.2 Å². The number of aromatic nitrogens is 4. The largest absolute Gasteiger partial charge is 0.326 e. The molecule has 0 bridgehead atoms. The van der Waals surface area contributed by atoms with E-state index in [2.05, 4.69) is 34.5 Å². The average Bonchev–Trinajstić information content (AvgIpc) is 3.12. The lowest BCUT2D eigenvalue weighted by Crippen LogP contribution is -2.30. The van der Waals surface area contributed by atoms with Crippen molar-refractivity contribution in [1.82, 2.24) is 24.2 Å². The first-order chi connectivity index (χ1) is 12.5. The number of aryl methyl sites for hydroxylation is 2. The molecule has 3 aromatic rings. The second-order valence-corrected chi connectivity index (χ2v) is 6.76. The van der Waals surface area contributed by atoms with Crippen molar-refractivity contribution in [2.75, 3.05) is 6.54 Å². The number of fused-ring (bicyclic) bond motifs is 2. The monoisotopic (exact) mass is 357 g/mol. The molecular formula is C20H28FN5. The summed E-state index contributed by atoms with van der Waals surface area (Å²) in [6.07, 6.45) is 1.09. The first-order valence-electron chi connectivity index (χ1n) is 9.46. The van der Waals surface area contributed by atoms with Gasteiger partial charge in [-0.1, -0.05) is 19.9 Å². The van der Waals surface area contributed by atoms with E-state index in [1.54, 1.807) is 6.07 Å². The zero-order valence-electron chi connectivity index (χ0n) is 16.3. The number of rotatable bonds is 2. The van der Waals surface area contributed by atoms with Gasteiger partial charge in [0.05, 0.1) is 11.2 Å². The standard InChI is InChI=1S/C18H22FN5.C2H6/c1-12(2)23-8-5-9-24-13(11-23)10-15(21-24)18-20-17-14(19)6-4-7-16(17)22(18)3;1-2/h4,6-7,10,12H,5,8-9,11H2,1-3H3;1-2H3. The SMILES string of the molecule is CC.CC(C)N1CCCn2nc(-c3nc4c(F)cccc4n3C)cc2C1. The van der Waals surface area contributed by atoms with Crippen LogP contribution in [0.2, 0.25) is 0 Å². The molecule has 0 saturated carbocycles. The van der Waals surface area contributed by atoms with Crippen LogP contribution < -0.4 is 0 Å². The molecule has 2 aromatic heterocycles. The number of para-hydroxylation sites is 1. The minimum Gasteiger partial charge on any atom is -0.326 e. The molecule has 0 N–H and O–H groups in total. The van der Waals surface area contributed by atoms with Gasteiger partial charge in [0.15, 0.2) is 11.6 Å². The van der Waals surface area contributed by atoms with E-state index in [-0.39, 0.29) is 5.82 Å². The molecule has 3 heterocycles.